The molecule has 0 spiro atoms. The Balaban J connectivity index is 2.20. The lowest BCUT2D eigenvalue weighted by atomic mass is 10.1. The summed E-state index contributed by atoms with van der Waals surface area (Å²) in [7, 11) is 0.0447. The van der Waals surface area contributed by atoms with Crippen LogP contribution in [-0.4, -0.2) is 25.0 Å². The summed E-state index contributed by atoms with van der Waals surface area (Å²) >= 11 is 0. The van der Waals surface area contributed by atoms with E-state index < -0.39 is 10.0 Å². The second kappa shape index (κ2) is 5.07. The Labute approximate surface area is 117 Å². The van der Waals surface area contributed by atoms with Crippen LogP contribution < -0.4 is 4.72 Å². The summed E-state index contributed by atoms with van der Waals surface area (Å²) in [6, 6.07) is 6.91. The monoisotopic (exact) mass is 303 g/mol. The van der Waals surface area contributed by atoms with Gasteiger partial charge in [0.15, 0.2) is 0 Å². The van der Waals surface area contributed by atoms with Crippen molar-refractivity contribution in [3.05, 3.63) is 29.8 Å². The van der Waals surface area contributed by atoms with Gasteiger partial charge in [-0.05, 0) is 32.9 Å². The molecular formula is C12H17NO2S3. The fourth-order valence-electron chi connectivity index (χ4n) is 1.66. The van der Waals surface area contributed by atoms with E-state index in [9.17, 15) is 8.42 Å². The Hall–Kier alpha value is -0.170. The van der Waals surface area contributed by atoms with Crippen LogP contribution in [0, 0.1) is 6.92 Å². The predicted molar refractivity (Wildman–Crippen MR) is 79.4 cm³/mol. The number of sulfonamides is 1. The van der Waals surface area contributed by atoms with Crippen LogP contribution in [0.2, 0.25) is 0 Å². The molecule has 3 nitrogen and oxygen atoms in total. The van der Waals surface area contributed by atoms with Gasteiger partial charge in [0.1, 0.15) is 0 Å². The van der Waals surface area contributed by atoms with E-state index in [1.54, 1.807) is 33.7 Å². The molecule has 0 amide bonds. The molecule has 1 aliphatic heterocycles. The van der Waals surface area contributed by atoms with E-state index in [0.717, 1.165) is 11.3 Å². The number of aryl methyl sites for hydroxylation is 1. The fourth-order valence-corrected chi connectivity index (χ4v) is 6.47. The number of nitrogens with one attached hydrogen (secondary N) is 1. The van der Waals surface area contributed by atoms with Gasteiger partial charge in [-0.15, -0.1) is 0 Å². The van der Waals surface area contributed by atoms with Crippen LogP contribution in [-0.2, 0) is 10.0 Å². The molecule has 1 saturated heterocycles. The molecule has 0 aliphatic carbocycles. The zero-order valence-corrected chi connectivity index (χ0v) is 13.1. The zero-order chi connectivity index (χ0) is 13.4. The van der Waals surface area contributed by atoms with E-state index >= 15 is 0 Å². The average Bonchev–Trinajstić information content (AvgIpc) is 2.58. The summed E-state index contributed by atoms with van der Waals surface area (Å²) in [5, 5.41) is 0. The SMILES string of the molecule is Cc1ccc(S(=O)(=O)NC2CSSC2(C)C)cc1. The van der Waals surface area contributed by atoms with Gasteiger partial charge in [-0.3, -0.25) is 0 Å². The molecule has 0 bridgehead atoms. The molecule has 1 fully saturated rings. The van der Waals surface area contributed by atoms with Gasteiger partial charge in [0.2, 0.25) is 10.0 Å². The van der Waals surface area contributed by atoms with E-state index in [1.807, 2.05) is 19.1 Å². The first kappa shape index (κ1) is 14.2. The van der Waals surface area contributed by atoms with E-state index in [-0.39, 0.29) is 10.8 Å². The maximum Gasteiger partial charge on any atom is 0.240 e. The molecule has 6 heteroatoms. The minimum Gasteiger partial charge on any atom is -0.207 e. The van der Waals surface area contributed by atoms with Gasteiger partial charge in [0.25, 0.3) is 0 Å². The Morgan fingerprint density at radius 2 is 1.89 bits per heavy atom. The lowest BCUT2D eigenvalue weighted by Crippen LogP contribution is -2.45. The first-order valence-corrected chi connectivity index (χ1v) is 9.51. The topological polar surface area (TPSA) is 46.2 Å². The quantitative estimate of drug-likeness (QED) is 0.872. The number of hydrogen-bond donors (Lipinski definition) is 1. The fraction of sp³-hybridized carbons (Fsp3) is 0.500. The Bertz CT molecular complexity index is 523. The Morgan fingerprint density at radius 3 is 2.39 bits per heavy atom. The highest BCUT2D eigenvalue weighted by atomic mass is 33.1. The lowest BCUT2D eigenvalue weighted by molar-refractivity contribution is 0.519. The summed E-state index contributed by atoms with van der Waals surface area (Å²) in [6.07, 6.45) is 0. The van der Waals surface area contributed by atoms with Gasteiger partial charge in [-0.25, -0.2) is 13.1 Å². The van der Waals surface area contributed by atoms with Crippen molar-refractivity contribution >= 4 is 31.6 Å². The molecule has 18 heavy (non-hydrogen) atoms. The van der Waals surface area contributed by atoms with Crippen molar-refractivity contribution in [2.45, 2.75) is 36.5 Å². The molecule has 100 valence electrons. The highest BCUT2D eigenvalue weighted by molar-refractivity contribution is 8.77. The number of rotatable bonds is 3. The molecule has 1 aliphatic rings. The van der Waals surface area contributed by atoms with Crippen LogP contribution >= 0.6 is 21.6 Å². The maximum absolute atomic E-state index is 12.3. The third kappa shape index (κ3) is 3.04. The zero-order valence-electron chi connectivity index (χ0n) is 10.6. The smallest absolute Gasteiger partial charge is 0.207 e. The molecule has 0 saturated carbocycles. The normalized spacial score (nSPS) is 23.2. The van der Waals surface area contributed by atoms with Crippen LogP contribution in [0.15, 0.2) is 29.2 Å². The van der Waals surface area contributed by atoms with Crippen molar-refractivity contribution in [2.24, 2.45) is 0 Å². The van der Waals surface area contributed by atoms with Crippen molar-refractivity contribution in [1.29, 1.82) is 0 Å². The Morgan fingerprint density at radius 1 is 1.28 bits per heavy atom. The number of benzene rings is 1. The van der Waals surface area contributed by atoms with Crippen LogP contribution in [0.5, 0.6) is 0 Å². The first-order valence-electron chi connectivity index (χ1n) is 5.71. The largest absolute Gasteiger partial charge is 0.240 e. The van der Waals surface area contributed by atoms with E-state index in [4.69, 9.17) is 0 Å². The maximum atomic E-state index is 12.3. The first-order chi connectivity index (χ1) is 8.31. The summed E-state index contributed by atoms with van der Waals surface area (Å²) in [5.74, 6) is 0.808. The molecule has 0 aromatic heterocycles. The molecular weight excluding hydrogens is 286 g/mol. The van der Waals surface area contributed by atoms with Crippen molar-refractivity contribution < 1.29 is 8.42 Å². The molecule has 1 unspecified atom stereocenters. The molecule has 1 aromatic rings. The predicted octanol–water partition coefficient (Wildman–Crippen LogP) is 2.82. The standard InChI is InChI=1S/C12H17NO2S3/c1-9-4-6-10(7-5-9)18(14,15)13-11-8-16-17-12(11,2)3/h4-7,11,13H,8H2,1-3H3. The van der Waals surface area contributed by atoms with Crippen LogP contribution in [0.25, 0.3) is 0 Å². The highest BCUT2D eigenvalue weighted by Crippen LogP contribution is 2.46. The van der Waals surface area contributed by atoms with Crippen molar-refractivity contribution in [2.75, 3.05) is 5.75 Å². The second-order valence-electron chi connectivity index (χ2n) is 4.96. The molecule has 0 radical (unpaired) electrons. The molecule has 1 aromatic carbocycles. The highest BCUT2D eigenvalue weighted by Gasteiger charge is 2.38. The molecule has 2 rings (SSSR count). The van der Waals surface area contributed by atoms with Crippen molar-refractivity contribution in [1.82, 2.24) is 4.72 Å². The van der Waals surface area contributed by atoms with Crippen molar-refractivity contribution in [3.63, 3.8) is 0 Å². The molecule has 1 N–H and O–H groups in total. The summed E-state index contributed by atoms with van der Waals surface area (Å²) < 4.78 is 27.3. The lowest BCUT2D eigenvalue weighted by Gasteiger charge is -2.25. The minimum atomic E-state index is -3.41. The Kier molecular flexibility index (Phi) is 4.02. The van der Waals surface area contributed by atoms with E-state index in [1.165, 1.54) is 0 Å². The van der Waals surface area contributed by atoms with Crippen LogP contribution in [0.3, 0.4) is 0 Å². The van der Waals surface area contributed by atoms with Gasteiger partial charge in [-0.1, -0.05) is 39.3 Å². The average molecular weight is 303 g/mol. The van der Waals surface area contributed by atoms with Gasteiger partial charge in [0, 0.05) is 16.5 Å². The van der Waals surface area contributed by atoms with Crippen molar-refractivity contribution in [3.8, 4) is 0 Å². The third-order valence-electron chi connectivity index (χ3n) is 2.98. The van der Waals surface area contributed by atoms with Crippen LogP contribution in [0.4, 0.5) is 0 Å². The summed E-state index contributed by atoms with van der Waals surface area (Å²) in [5.41, 5.74) is 1.06. The van der Waals surface area contributed by atoms with Crippen LogP contribution in [0.1, 0.15) is 19.4 Å². The molecule has 1 atom stereocenters. The minimum absolute atomic E-state index is 0.0289. The molecule has 1 heterocycles. The van der Waals surface area contributed by atoms with E-state index in [2.05, 4.69) is 18.6 Å². The van der Waals surface area contributed by atoms with Gasteiger partial charge in [0.05, 0.1) is 4.90 Å². The summed E-state index contributed by atoms with van der Waals surface area (Å²) in [6.45, 7) is 6.08. The summed E-state index contributed by atoms with van der Waals surface area (Å²) in [4.78, 5) is 0.339. The third-order valence-corrected chi connectivity index (χ3v) is 7.82. The van der Waals surface area contributed by atoms with Gasteiger partial charge >= 0.3 is 0 Å². The second-order valence-corrected chi connectivity index (χ2v) is 9.67. The van der Waals surface area contributed by atoms with Gasteiger partial charge < -0.3 is 0 Å². The van der Waals surface area contributed by atoms with E-state index in [0.29, 0.717) is 4.90 Å². The van der Waals surface area contributed by atoms with Gasteiger partial charge in [-0.2, -0.15) is 0 Å². The number of hydrogen-bond acceptors (Lipinski definition) is 4.